The number of methoxy groups -OCH3 is 1. The van der Waals surface area contributed by atoms with Gasteiger partial charge in [-0.25, -0.2) is 0 Å². The number of anilines is 1. The maximum atomic E-state index is 12.2. The third-order valence-corrected chi connectivity index (χ3v) is 4.43. The molecule has 6 heteroatoms. The maximum absolute atomic E-state index is 12.2. The first kappa shape index (κ1) is 17.2. The van der Waals surface area contributed by atoms with Crippen LogP contribution in [-0.2, 0) is 11.2 Å². The summed E-state index contributed by atoms with van der Waals surface area (Å²) >= 11 is 0. The number of hydrogen-bond donors (Lipinski definition) is 1. The fraction of sp³-hybridized carbons (Fsp3) is 0.421. The highest BCUT2D eigenvalue weighted by atomic mass is 16.5. The van der Waals surface area contributed by atoms with E-state index in [1.165, 1.54) is 0 Å². The van der Waals surface area contributed by atoms with Crippen molar-refractivity contribution >= 4 is 11.6 Å². The molecular formula is C19H24N4O2. The molecule has 0 radical (unpaired) electrons. The van der Waals surface area contributed by atoms with Gasteiger partial charge in [0.25, 0.3) is 0 Å². The number of rotatable bonds is 6. The van der Waals surface area contributed by atoms with Crippen LogP contribution in [-0.4, -0.2) is 42.1 Å². The summed E-state index contributed by atoms with van der Waals surface area (Å²) in [6.45, 7) is 1.82. The van der Waals surface area contributed by atoms with Crippen molar-refractivity contribution in [3.8, 4) is 5.75 Å². The van der Waals surface area contributed by atoms with Crippen LogP contribution in [0.3, 0.4) is 0 Å². The molecule has 2 heterocycles. The highest BCUT2D eigenvalue weighted by Crippen LogP contribution is 2.24. The van der Waals surface area contributed by atoms with Crippen LogP contribution < -0.4 is 15.0 Å². The molecule has 1 amide bonds. The van der Waals surface area contributed by atoms with Gasteiger partial charge in [-0.2, -0.15) is 0 Å². The van der Waals surface area contributed by atoms with Gasteiger partial charge in [0.2, 0.25) is 5.91 Å². The second-order valence-electron chi connectivity index (χ2n) is 6.25. The summed E-state index contributed by atoms with van der Waals surface area (Å²) in [6.07, 6.45) is 8.13. The summed E-state index contributed by atoms with van der Waals surface area (Å²) in [5, 5.41) is 3.16. The minimum Gasteiger partial charge on any atom is -0.497 e. The normalized spacial score (nSPS) is 17.2. The van der Waals surface area contributed by atoms with Gasteiger partial charge in [-0.05, 0) is 31.4 Å². The van der Waals surface area contributed by atoms with E-state index in [0.29, 0.717) is 12.8 Å². The molecular weight excluding hydrogens is 316 g/mol. The summed E-state index contributed by atoms with van der Waals surface area (Å²) in [4.78, 5) is 22.8. The summed E-state index contributed by atoms with van der Waals surface area (Å²) in [5.74, 6) is 0.927. The first-order chi connectivity index (χ1) is 12.2. The molecule has 6 nitrogen and oxygen atoms in total. The van der Waals surface area contributed by atoms with E-state index in [9.17, 15) is 4.79 Å². The van der Waals surface area contributed by atoms with E-state index in [4.69, 9.17) is 4.74 Å². The van der Waals surface area contributed by atoms with Gasteiger partial charge in [-0.3, -0.25) is 14.8 Å². The third kappa shape index (κ3) is 4.92. The van der Waals surface area contributed by atoms with Crippen LogP contribution in [0.1, 0.15) is 25.0 Å². The number of nitrogens with one attached hydrogen (secondary N) is 1. The SMILES string of the molecule is COc1cccc(N2CCC[C@H](NC(=O)CCc3cnccn3)C2)c1. The van der Waals surface area contributed by atoms with Gasteiger partial charge < -0.3 is 15.0 Å². The number of piperidine rings is 1. The number of amides is 1. The zero-order chi connectivity index (χ0) is 17.5. The van der Waals surface area contributed by atoms with Crippen molar-refractivity contribution in [3.05, 3.63) is 48.5 Å². The van der Waals surface area contributed by atoms with Crippen LogP contribution in [0.2, 0.25) is 0 Å². The van der Waals surface area contributed by atoms with E-state index in [1.54, 1.807) is 25.7 Å². The fourth-order valence-electron chi connectivity index (χ4n) is 3.14. The molecule has 0 aliphatic carbocycles. The summed E-state index contributed by atoms with van der Waals surface area (Å²) in [6, 6.07) is 8.24. The molecule has 1 N–H and O–H groups in total. The van der Waals surface area contributed by atoms with Crippen molar-refractivity contribution in [2.45, 2.75) is 31.7 Å². The second kappa shape index (κ2) is 8.46. The Labute approximate surface area is 148 Å². The zero-order valence-electron chi connectivity index (χ0n) is 14.5. The maximum Gasteiger partial charge on any atom is 0.220 e. The summed E-state index contributed by atoms with van der Waals surface area (Å²) in [7, 11) is 1.68. The summed E-state index contributed by atoms with van der Waals surface area (Å²) < 4.78 is 5.30. The average Bonchev–Trinajstić information content (AvgIpc) is 2.67. The Balaban J connectivity index is 1.51. The molecule has 1 aliphatic rings. The average molecular weight is 340 g/mol. The van der Waals surface area contributed by atoms with E-state index in [0.717, 1.165) is 43.1 Å². The van der Waals surface area contributed by atoms with E-state index < -0.39 is 0 Å². The van der Waals surface area contributed by atoms with E-state index in [1.807, 2.05) is 18.2 Å². The standard InChI is InChI=1S/C19H24N4O2/c1-25-18-6-2-5-17(12-18)23-11-3-4-16(14-23)22-19(24)8-7-15-13-20-9-10-21-15/h2,5-6,9-10,12-13,16H,3-4,7-8,11,14H2,1H3,(H,22,24)/t16-/m0/s1. The number of ether oxygens (including phenoxy) is 1. The Morgan fingerprint density at radius 1 is 1.40 bits per heavy atom. The molecule has 1 atom stereocenters. The number of carbonyl (C=O) groups is 1. The molecule has 25 heavy (non-hydrogen) atoms. The fourth-order valence-corrected chi connectivity index (χ4v) is 3.14. The summed E-state index contributed by atoms with van der Waals surface area (Å²) in [5.41, 5.74) is 1.98. The Morgan fingerprint density at radius 2 is 2.32 bits per heavy atom. The predicted octanol–water partition coefficient (Wildman–Crippen LogP) is 2.20. The molecule has 0 unspecified atom stereocenters. The van der Waals surface area contributed by atoms with Crippen LogP contribution in [0.25, 0.3) is 0 Å². The molecule has 1 fully saturated rings. The number of aromatic nitrogens is 2. The molecule has 0 spiro atoms. The van der Waals surface area contributed by atoms with E-state index in [-0.39, 0.29) is 11.9 Å². The molecule has 2 aromatic rings. The smallest absolute Gasteiger partial charge is 0.220 e. The number of nitrogens with zero attached hydrogens (tertiary/aromatic N) is 3. The lowest BCUT2D eigenvalue weighted by Crippen LogP contribution is -2.47. The molecule has 1 aliphatic heterocycles. The molecule has 1 aromatic heterocycles. The Morgan fingerprint density at radius 3 is 3.12 bits per heavy atom. The van der Waals surface area contributed by atoms with Crippen molar-refractivity contribution in [2.24, 2.45) is 0 Å². The molecule has 0 bridgehead atoms. The Hall–Kier alpha value is -2.63. The van der Waals surface area contributed by atoms with Crippen molar-refractivity contribution in [1.29, 1.82) is 0 Å². The quantitative estimate of drug-likeness (QED) is 0.873. The first-order valence-corrected chi connectivity index (χ1v) is 8.68. The van der Waals surface area contributed by atoms with Crippen LogP contribution in [0.5, 0.6) is 5.75 Å². The first-order valence-electron chi connectivity index (χ1n) is 8.68. The molecule has 1 saturated heterocycles. The van der Waals surface area contributed by atoms with Gasteiger partial charge in [-0.1, -0.05) is 6.07 Å². The topological polar surface area (TPSA) is 67.3 Å². The van der Waals surface area contributed by atoms with Gasteiger partial charge in [0.15, 0.2) is 0 Å². The van der Waals surface area contributed by atoms with Crippen LogP contribution in [0.4, 0.5) is 5.69 Å². The Kier molecular flexibility index (Phi) is 5.82. The predicted molar refractivity (Wildman–Crippen MR) is 96.7 cm³/mol. The van der Waals surface area contributed by atoms with Crippen LogP contribution >= 0.6 is 0 Å². The highest BCUT2D eigenvalue weighted by Gasteiger charge is 2.21. The third-order valence-electron chi connectivity index (χ3n) is 4.43. The van der Waals surface area contributed by atoms with Crippen molar-refractivity contribution in [2.75, 3.05) is 25.1 Å². The number of benzene rings is 1. The van der Waals surface area contributed by atoms with Gasteiger partial charge in [-0.15, -0.1) is 0 Å². The minimum atomic E-state index is 0.0724. The zero-order valence-corrected chi connectivity index (χ0v) is 14.5. The molecule has 132 valence electrons. The number of aryl methyl sites for hydroxylation is 1. The van der Waals surface area contributed by atoms with Crippen molar-refractivity contribution in [1.82, 2.24) is 15.3 Å². The van der Waals surface area contributed by atoms with Gasteiger partial charge >= 0.3 is 0 Å². The second-order valence-corrected chi connectivity index (χ2v) is 6.25. The molecule has 0 saturated carbocycles. The van der Waals surface area contributed by atoms with Gasteiger partial charge in [0.1, 0.15) is 5.75 Å². The van der Waals surface area contributed by atoms with Crippen LogP contribution in [0, 0.1) is 0 Å². The van der Waals surface area contributed by atoms with E-state index in [2.05, 4.69) is 26.3 Å². The molecule has 3 rings (SSSR count). The van der Waals surface area contributed by atoms with Crippen LogP contribution in [0.15, 0.2) is 42.9 Å². The minimum absolute atomic E-state index is 0.0724. The Bertz CT molecular complexity index is 693. The lowest BCUT2D eigenvalue weighted by molar-refractivity contribution is -0.121. The number of carbonyl (C=O) groups excluding carboxylic acids is 1. The van der Waals surface area contributed by atoms with E-state index >= 15 is 0 Å². The molecule has 1 aromatic carbocycles. The monoisotopic (exact) mass is 340 g/mol. The largest absolute Gasteiger partial charge is 0.497 e. The number of hydrogen-bond acceptors (Lipinski definition) is 5. The van der Waals surface area contributed by atoms with Crippen molar-refractivity contribution in [3.63, 3.8) is 0 Å². The lowest BCUT2D eigenvalue weighted by Gasteiger charge is -2.35. The lowest BCUT2D eigenvalue weighted by atomic mass is 10.0. The van der Waals surface area contributed by atoms with Gasteiger partial charge in [0, 0.05) is 55.9 Å². The highest BCUT2D eigenvalue weighted by molar-refractivity contribution is 5.76. The van der Waals surface area contributed by atoms with Gasteiger partial charge in [0.05, 0.1) is 12.8 Å². The van der Waals surface area contributed by atoms with Crippen molar-refractivity contribution < 1.29 is 9.53 Å².